The second-order valence-corrected chi connectivity index (χ2v) is 19.6. The van der Waals surface area contributed by atoms with E-state index in [4.69, 9.17) is 9.40 Å². The number of pyridine rings is 2. The number of furan rings is 1. The van der Waals surface area contributed by atoms with E-state index < -0.39 is 8.07 Å². The number of nitrogens with zero attached hydrogens (tertiary/aromatic N) is 2. The van der Waals surface area contributed by atoms with Crippen LogP contribution in [-0.2, 0) is 32.9 Å². The van der Waals surface area contributed by atoms with Crippen LogP contribution in [0.1, 0.15) is 47.9 Å². The summed E-state index contributed by atoms with van der Waals surface area (Å²) in [5.41, 5.74) is 11.3. The van der Waals surface area contributed by atoms with E-state index in [0.29, 0.717) is 0 Å². The van der Waals surface area contributed by atoms with Crippen molar-refractivity contribution in [2.24, 2.45) is 5.92 Å². The fraction of sp³-hybridized carbons (Fsp3) is 0.244. The smallest absolute Gasteiger partial charge is 0.120 e. The van der Waals surface area contributed by atoms with Gasteiger partial charge in [-0.1, -0.05) is 129 Å². The van der Waals surface area contributed by atoms with E-state index in [1.54, 1.807) is 0 Å². The van der Waals surface area contributed by atoms with E-state index in [-0.39, 0.29) is 20.1 Å². The second kappa shape index (κ2) is 15.8. The number of para-hydroxylation sites is 1. The van der Waals surface area contributed by atoms with Crippen LogP contribution in [0.25, 0.3) is 44.5 Å². The summed E-state index contributed by atoms with van der Waals surface area (Å²) >= 11 is 0. The molecular formula is C45H44IrN2OSi-2. The Labute approximate surface area is 311 Å². The van der Waals surface area contributed by atoms with Gasteiger partial charge in [0.25, 0.3) is 0 Å². The molecule has 3 aromatic heterocycles. The van der Waals surface area contributed by atoms with Gasteiger partial charge in [-0.3, -0.25) is 0 Å². The van der Waals surface area contributed by atoms with Gasteiger partial charge in [-0.05, 0) is 53.0 Å². The molecule has 1 aliphatic rings. The van der Waals surface area contributed by atoms with Gasteiger partial charge in [-0.15, -0.1) is 59.2 Å². The molecule has 1 aliphatic carbocycles. The van der Waals surface area contributed by atoms with E-state index in [0.717, 1.165) is 56.8 Å². The van der Waals surface area contributed by atoms with Crippen molar-refractivity contribution in [2.75, 3.05) is 0 Å². The van der Waals surface area contributed by atoms with Crippen LogP contribution in [0, 0.1) is 25.0 Å². The van der Waals surface area contributed by atoms with Gasteiger partial charge in [0.1, 0.15) is 5.58 Å². The molecule has 1 radical (unpaired) electrons. The van der Waals surface area contributed by atoms with E-state index in [1.807, 2.05) is 36.5 Å². The Balaban J connectivity index is 0.000000170. The summed E-state index contributed by atoms with van der Waals surface area (Å²) < 4.78 is 5.90. The maximum absolute atomic E-state index is 5.90. The van der Waals surface area contributed by atoms with Crippen LogP contribution in [0.2, 0.25) is 19.6 Å². The Kier molecular flexibility index (Phi) is 11.3. The van der Waals surface area contributed by atoms with Gasteiger partial charge in [-0.25, -0.2) is 0 Å². The Morgan fingerprint density at radius 2 is 1.46 bits per heavy atom. The number of aryl methyl sites for hydroxylation is 1. The van der Waals surface area contributed by atoms with Crippen LogP contribution in [0.15, 0.2) is 120 Å². The number of aromatic nitrogens is 2. The molecular weight excluding hydrogens is 805 g/mol. The minimum atomic E-state index is -1.44. The van der Waals surface area contributed by atoms with E-state index in [9.17, 15) is 0 Å². The van der Waals surface area contributed by atoms with E-state index in [1.165, 1.54) is 59.5 Å². The van der Waals surface area contributed by atoms with Crippen LogP contribution in [0.3, 0.4) is 0 Å². The molecule has 0 saturated heterocycles. The fourth-order valence-electron chi connectivity index (χ4n) is 7.06. The molecule has 0 bridgehead atoms. The molecule has 0 unspecified atom stereocenters. The van der Waals surface area contributed by atoms with Crippen molar-refractivity contribution < 1.29 is 24.5 Å². The van der Waals surface area contributed by atoms with Crippen molar-refractivity contribution in [1.82, 2.24) is 9.97 Å². The van der Waals surface area contributed by atoms with Gasteiger partial charge in [0.05, 0.1) is 13.7 Å². The summed E-state index contributed by atoms with van der Waals surface area (Å²) in [5.74, 6) is 0.847. The molecule has 255 valence electrons. The third-order valence-electron chi connectivity index (χ3n) is 9.69. The van der Waals surface area contributed by atoms with Crippen molar-refractivity contribution in [3.63, 3.8) is 0 Å². The second-order valence-electron chi connectivity index (χ2n) is 14.5. The number of fused-ring (bicyclic) bond motifs is 3. The largest absolute Gasteiger partial charge is 0.500 e. The van der Waals surface area contributed by atoms with E-state index in [2.05, 4.69) is 123 Å². The first kappa shape index (κ1) is 35.7. The minimum absolute atomic E-state index is 0. The predicted octanol–water partition coefficient (Wildman–Crippen LogP) is 11.2. The number of hydrogen-bond acceptors (Lipinski definition) is 3. The first-order chi connectivity index (χ1) is 23.8. The van der Waals surface area contributed by atoms with Crippen molar-refractivity contribution in [1.29, 1.82) is 0 Å². The average molecular weight is 849 g/mol. The molecule has 7 aromatic rings. The fourth-order valence-corrected chi connectivity index (χ4v) is 8.63. The number of hydrogen-bond donors (Lipinski definition) is 0. The van der Waals surface area contributed by atoms with Crippen LogP contribution < -0.4 is 5.19 Å². The molecule has 0 atom stereocenters. The van der Waals surface area contributed by atoms with E-state index >= 15 is 0 Å². The number of rotatable bonds is 7. The third kappa shape index (κ3) is 8.41. The molecule has 3 nitrogen and oxygen atoms in total. The first-order valence-corrected chi connectivity index (χ1v) is 21.1. The average Bonchev–Trinajstić information content (AvgIpc) is 3.76. The van der Waals surface area contributed by atoms with Gasteiger partial charge in [0.15, 0.2) is 0 Å². The summed E-state index contributed by atoms with van der Waals surface area (Å²) in [6.07, 6.45) is 11.7. The molecule has 0 spiro atoms. The number of benzene rings is 4. The molecule has 4 aromatic carbocycles. The monoisotopic (exact) mass is 849 g/mol. The van der Waals surface area contributed by atoms with Gasteiger partial charge in [0, 0.05) is 37.9 Å². The first-order valence-electron chi connectivity index (χ1n) is 17.6. The summed E-state index contributed by atoms with van der Waals surface area (Å²) in [5, 5.41) is 3.73. The zero-order valence-corrected chi connectivity index (χ0v) is 32.8. The SMILES string of the molecule is Cc1c[c-]c(-c2cc(Cc3ccccc3)c([Si](C)(C)C)cn2)cc1.[Ir].[c-]1cc2oc3ccccc3c2cc1-c1cc(CC2CCCC2)ccn1. The molecule has 0 amide bonds. The Morgan fingerprint density at radius 3 is 2.22 bits per heavy atom. The van der Waals surface area contributed by atoms with Crippen LogP contribution in [-0.4, -0.2) is 18.0 Å². The van der Waals surface area contributed by atoms with Crippen molar-refractivity contribution >= 4 is 35.2 Å². The quantitative estimate of drug-likeness (QED) is 0.118. The van der Waals surface area contributed by atoms with Crippen molar-refractivity contribution in [3.05, 3.63) is 150 Å². The van der Waals surface area contributed by atoms with Crippen LogP contribution in [0.4, 0.5) is 0 Å². The zero-order valence-electron chi connectivity index (χ0n) is 29.4. The topological polar surface area (TPSA) is 38.9 Å². The Bertz CT molecular complexity index is 2180. The summed E-state index contributed by atoms with van der Waals surface area (Å²) in [6.45, 7) is 9.24. The van der Waals surface area contributed by atoms with Gasteiger partial charge >= 0.3 is 0 Å². The summed E-state index contributed by atoms with van der Waals surface area (Å²) in [4.78, 5) is 9.34. The molecule has 50 heavy (non-hydrogen) atoms. The van der Waals surface area contributed by atoms with Crippen molar-refractivity contribution in [3.8, 4) is 22.5 Å². The Morgan fingerprint density at radius 1 is 0.720 bits per heavy atom. The van der Waals surface area contributed by atoms with Gasteiger partial charge < -0.3 is 14.4 Å². The Hall–Kier alpha value is -4.15. The summed E-state index contributed by atoms with van der Waals surface area (Å²) in [7, 11) is -1.44. The molecule has 5 heteroatoms. The molecule has 0 N–H and O–H groups in total. The molecule has 8 rings (SSSR count). The summed E-state index contributed by atoms with van der Waals surface area (Å²) in [6, 6.07) is 42.6. The molecule has 3 heterocycles. The normalized spacial score (nSPS) is 13.2. The van der Waals surface area contributed by atoms with Crippen LogP contribution in [0.5, 0.6) is 0 Å². The minimum Gasteiger partial charge on any atom is -0.500 e. The van der Waals surface area contributed by atoms with Crippen LogP contribution >= 0.6 is 0 Å². The third-order valence-corrected chi connectivity index (χ3v) is 11.8. The molecule has 0 aliphatic heterocycles. The van der Waals surface area contributed by atoms with Gasteiger partial charge in [0.2, 0.25) is 0 Å². The molecule has 1 saturated carbocycles. The maximum atomic E-state index is 5.90. The van der Waals surface area contributed by atoms with Gasteiger partial charge in [-0.2, -0.15) is 0 Å². The maximum Gasteiger partial charge on any atom is 0.120 e. The molecule has 1 fully saturated rings. The predicted molar refractivity (Wildman–Crippen MR) is 207 cm³/mol. The zero-order chi connectivity index (χ0) is 33.8. The standard InChI is InChI=1S/C23H20NO.C22H24NSi.Ir/c1-2-6-16(5-1)13-17-11-12-24-21(14-17)18-9-10-23-20(15-18)19-7-3-4-8-22(19)25-23;1-17-10-12-19(13-11-17)21-15-20(14-18-8-6-5-7-9-18)22(16-23-21)24(2,3)4;/h3-4,7-8,10-12,14-16H,1-2,5-6,13H2;5-12,15-16H,14H2,1-4H3;/q2*-1;. The van der Waals surface area contributed by atoms with Crippen molar-refractivity contribution in [2.45, 2.75) is 65.1 Å².